The Hall–Kier alpha value is -4.45. The zero-order valence-electron chi connectivity index (χ0n) is 35.8. The van der Waals surface area contributed by atoms with Crippen LogP contribution >= 0.6 is 24.4 Å². The second-order valence-electron chi connectivity index (χ2n) is 14.3. The standard InChI is InChI=1S/C11H16N2O6.C9H12N2O6.C9H12N2O5S.C5H13NO2.CH4N2S/c1-12-3-5(10(17)13(2)11(12)18)9-8(16)7(15)6(4-14)19-9;12-2-4-5(13)6(14)7(17-4)3-1-10-9(16)11-8(3)15;12-2-4-5(13)6(14)7(16-4)3-1-10-9(17)11-8(3)15;1-6(2)5(7-3)8-4;2-1(3)4/h3,6-9,14-16H,4H2,1-2H3;1,4-7,12-14H,2H2,(H2,10,11,15,16);1,4-7,12-14H,2H2,(H2,10,11,15,17);5H,1-4H3;(H4,2,3,4)/t6-,7+,8?,9+;2*4-,5+,6?,7+;;/m111../s1. The molecular formula is C35H57N9O19S2. The molecular weight excluding hydrogens is 915 g/mol. The highest BCUT2D eigenvalue weighted by Gasteiger charge is 2.46. The number of nitrogens with two attached hydrogens (primary N) is 2. The molecule has 3 aromatic heterocycles. The van der Waals surface area contributed by atoms with Gasteiger partial charge in [-0.25, -0.2) is 9.59 Å². The fraction of sp³-hybridized carbons (Fsp3) is 0.629. The topological polar surface area (TPSA) is 442 Å². The Morgan fingerprint density at radius 2 is 1.08 bits per heavy atom. The summed E-state index contributed by atoms with van der Waals surface area (Å²) in [6, 6.07) is 0. The minimum atomic E-state index is -1.33. The van der Waals surface area contributed by atoms with Gasteiger partial charge in [-0.3, -0.25) is 33.8 Å². The highest BCUT2D eigenvalue weighted by Crippen LogP contribution is 2.33. The third-order valence-electron chi connectivity index (χ3n) is 9.54. The molecule has 0 amide bonds. The van der Waals surface area contributed by atoms with E-state index >= 15 is 0 Å². The molecule has 0 saturated carbocycles. The molecule has 3 aromatic rings. The molecule has 3 fully saturated rings. The van der Waals surface area contributed by atoms with E-state index in [-0.39, 0.29) is 33.0 Å². The first kappa shape index (κ1) is 56.7. The third-order valence-corrected chi connectivity index (χ3v) is 9.76. The van der Waals surface area contributed by atoms with Gasteiger partial charge in [0.05, 0.1) is 36.5 Å². The Morgan fingerprint density at radius 1 is 0.708 bits per heavy atom. The van der Waals surface area contributed by atoms with Crippen LogP contribution in [0.2, 0.25) is 0 Å². The van der Waals surface area contributed by atoms with E-state index in [1.165, 1.54) is 31.1 Å². The molecule has 0 spiro atoms. The summed E-state index contributed by atoms with van der Waals surface area (Å²) in [6.07, 6.45) is -10.2. The Kier molecular flexibility index (Phi) is 22.7. The minimum Gasteiger partial charge on any atom is -0.394 e. The predicted molar refractivity (Wildman–Crippen MR) is 229 cm³/mol. The van der Waals surface area contributed by atoms with Gasteiger partial charge in [-0.1, -0.05) is 0 Å². The maximum absolute atomic E-state index is 12.0. The number of thiocarbonyl (C=S) groups is 1. The highest BCUT2D eigenvalue weighted by atomic mass is 32.1. The number of nitrogens with one attached hydrogen (secondary N) is 4. The molecule has 12 atom stereocenters. The molecule has 65 heavy (non-hydrogen) atoms. The van der Waals surface area contributed by atoms with E-state index in [9.17, 15) is 54.6 Å². The predicted octanol–water partition coefficient (Wildman–Crippen LogP) is -7.65. The van der Waals surface area contributed by atoms with Gasteiger partial charge in [0, 0.05) is 46.9 Å². The van der Waals surface area contributed by atoms with Crippen molar-refractivity contribution in [2.24, 2.45) is 25.6 Å². The molecule has 0 bridgehead atoms. The average Bonchev–Trinajstić information content (AvgIpc) is 3.82. The molecule has 3 aliphatic heterocycles. The summed E-state index contributed by atoms with van der Waals surface area (Å²) in [5.41, 5.74) is 6.45. The lowest BCUT2D eigenvalue weighted by Crippen LogP contribution is -2.40. The Bertz CT molecular complexity index is 2240. The molecule has 0 aliphatic carbocycles. The summed E-state index contributed by atoms with van der Waals surface area (Å²) < 4.78 is 27.6. The van der Waals surface area contributed by atoms with E-state index in [1.54, 1.807) is 14.2 Å². The smallest absolute Gasteiger partial charge is 0.330 e. The van der Waals surface area contributed by atoms with E-state index in [4.69, 9.17) is 51.2 Å². The SMILES string of the molecule is COC(OC)N(C)C.Cn1cc([C@@H]2O[C@H](CO)[C@H](O)C2O)c(=O)n(C)c1=O.NC(N)=S.O=c1[nH]c(=S)[nH]cc1[C@@H]1O[C@H](CO)[C@H](O)C1O.O=c1[nH]cc([C@@H]2O[C@H](CO)[C@H](O)C2O)c(=O)[nH]1. The number of hydrogen-bond donors (Lipinski definition) is 15. The Labute approximate surface area is 377 Å². The number of hydrogen-bond acceptors (Lipinski definition) is 22. The van der Waals surface area contributed by atoms with E-state index < -0.39 is 121 Å². The number of methoxy groups -OCH3 is 2. The van der Waals surface area contributed by atoms with Crippen LogP contribution in [-0.4, -0.2) is 195 Å². The first-order chi connectivity index (χ1) is 30.4. The van der Waals surface area contributed by atoms with Crippen molar-refractivity contribution in [3.05, 3.63) is 92.1 Å². The number of rotatable bonds is 9. The van der Waals surface area contributed by atoms with Gasteiger partial charge in [0.1, 0.15) is 73.2 Å². The van der Waals surface area contributed by atoms with Gasteiger partial charge < -0.3 is 95.6 Å². The maximum Gasteiger partial charge on any atom is 0.330 e. The molecule has 28 nitrogen and oxygen atoms in total. The number of aliphatic hydroxyl groups excluding tert-OH is 9. The van der Waals surface area contributed by atoms with Crippen LogP contribution in [0.5, 0.6) is 0 Å². The van der Waals surface area contributed by atoms with Gasteiger partial charge in [-0.15, -0.1) is 0 Å². The minimum absolute atomic E-state index is 0.000000000000000222. The van der Waals surface area contributed by atoms with Crippen LogP contribution < -0.4 is 39.5 Å². The summed E-state index contributed by atoms with van der Waals surface area (Å²) in [5, 5.41) is 84.8. The fourth-order valence-electron chi connectivity index (χ4n) is 6.28. The van der Waals surface area contributed by atoms with E-state index in [1.807, 2.05) is 24.0 Å². The van der Waals surface area contributed by atoms with Gasteiger partial charge in [0.25, 0.3) is 16.7 Å². The quantitative estimate of drug-likeness (QED) is 0.0699. The summed E-state index contributed by atoms with van der Waals surface area (Å²) in [7, 11) is 9.76. The number of aromatic nitrogens is 6. The molecule has 30 heteroatoms. The van der Waals surface area contributed by atoms with Crippen molar-refractivity contribution in [1.82, 2.24) is 34.0 Å². The molecule has 6 heterocycles. The molecule has 17 N–H and O–H groups in total. The van der Waals surface area contributed by atoms with Crippen LogP contribution in [-0.2, 0) is 37.8 Å². The normalized spacial score (nSPS) is 28.0. The second-order valence-corrected chi connectivity index (χ2v) is 15.2. The highest BCUT2D eigenvalue weighted by molar-refractivity contribution is 7.80. The Morgan fingerprint density at radius 3 is 1.38 bits per heavy atom. The second kappa shape index (κ2) is 26.0. The van der Waals surface area contributed by atoms with E-state index in [0.717, 1.165) is 10.8 Å². The number of H-pyrrole nitrogens is 4. The number of aromatic amines is 4. The lowest BCUT2D eigenvalue weighted by atomic mass is 10.0. The number of aryl methyl sites for hydroxylation is 1. The lowest BCUT2D eigenvalue weighted by Gasteiger charge is -2.19. The van der Waals surface area contributed by atoms with Gasteiger partial charge in [-0.05, 0) is 38.5 Å². The molecule has 3 saturated heterocycles. The summed E-state index contributed by atoms with van der Waals surface area (Å²) in [4.78, 5) is 68.4. The molecule has 6 rings (SSSR count). The third kappa shape index (κ3) is 14.8. The van der Waals surface area contributed by atoms with E-state index in [0.29, 0.717) is 0 Å². The van der Waals surface area contributed by atoms with Crippen LogP contribution in [0.25, 0.3) is 0 Å². The van der Waals surface area contributed by atoms with Crippen LogP contribution in [0.15, 0.2) is 42.6 Å². The zero-order chi connectivity index (χ0) is 49.6. The van der Waals surface area contributed by atoms with Crippen molar-refractivity contribution >= 4 is 29.5 Å². The fourth-order valence-corrected chi connectivity index (χ4v) is 6.43. The van der Waals surface area contributed by atoms with Crippen LogP contribution in [0.4, 0.5) is 0 Å². The van der Waals surface area contributed by atoms with Crippen molar-refractivity contribution in [2.75, 3.05) is 48.1 Å². The number of ether oxygens (including phenoxy) is 5. The van der Waals surface area contributed by atoms with Crippen molar-refractivity contribution in [2.45, 2.75) is 79.7 Å². The summed E-state index contributed by atoms with van der Waals surface area (Å²) >= 11 is 8.82. The van der Waals surface area contributed by atoms with Crippen LogP contribution in [0.3, 0.4) is 0 Å². The van der Waals surface area contributed by atoms with Crippen molar-refractivity contribution in [1.29, 1.82) is 0 Å². The van der Waals surface area contributed by atoms with Gasteiger partial charge in [0.15, 0.2) is 9.88 Å². The van der Waals surface area contributed by atoms with Crippen LogP contribution in [0.1, 0.15) is 35.0 Å². The van der Waals surface area contributed by atoms with Crippen molar-refractivity contribution in [3.63, 3.8) is 0 Å². The summed E-state index contributed by atoms with van der Waals surface area (Å²) in [6.45, 7) is -1.38. The first-order valence-electron chi connectivity index (χ1n) is 19.0. The zero-order valence-corrected chi connectivity index (χ0v) is 37.4. The molecule has 0 radical (unpaired) electrons. The summed E-state index contributed by atoms with van der Waals surface area (Å²) in [5.74, 6) is 0. The lowest BCUT2D eigenvalue weighted by molar-refractivity contribution is -0.179. The van der Waals surface area contributed by atoms with Gasteiger partial charge in [-0.2, -0.15) is 0 Å². The Balaban J connectivity index is 0.000000298. The van der Waals surface area contributed by atoms with E-state index in [2.05, 4.69) is 38.6 Å². The average molecular weight is 972 g/mol. The number of aliphatic hydroxyl groups is 9. The first-order valence-corrected chi connectivity index (χ1v) is 19.8. The number of nitrogens with zero attached hydrogens (tertiary/aromatic N) is 3. The molecule has 3 aliphatic rings. The maximum atomic E-state index is 12.0. The molecule has 0 aromatic carbocycles. The van der Waals surface area contributed by atoms with Gasteiger partial charge >= 0.3 is 11.4 Å². The largest absolute Gasteiger partial charge is 0.394 e. The molecule has 368 valence electrons. The van der Waals surface area contributed by atoms with Crippen LogP contribution in [0, 0.1) is 4.77 Å². The monoisotopic (exact) mass is 971 g/mol. The van der Waals surface area contributed by atoms with Crippen molar-refractivity contribution < 1.29 is 69.6 Å². The van der Waals surface area contributed by atoms with Crippen molar-refractivity contribution in [3.8, 4) is 0 Å². The van der Waals surface area contributed by atoms with Gasteiger partial charge in [0.2, 0.25) is 6.41 Å². The molecule has 3 unspecified atom stereocenters.